The summed E-state index contributed by atoms with van der Waals surface area (Å²) in [5.41, 5.74) is 0.773. The van der Waals surface area contributed by atoms with Crippen molar-refractivity contribution < 1.29 is 19.0 Å². The third-order valence-electron chi connectivity index (χ3n) is 3.60. The topological polar surface area (TPSA) is 108 Å². The van der Waals surface area contributed by atoms with Crippen LogP contribution in [0.3, 0.4) is 0 Å². The lowest BCUT2D eigenvalue weighted by Gasteiger charge is -2.09. The lowest BCUT2D eigenvalue weighted by molar-refractivity contribution is -0.385. The molecule has 27 heavy (non-hydrogen) atoms. The van der Waals surface area contributed by atoms with Gasteiger partial charge in [0.1, 0.15) is 5.75 Å². The van der Waals surface area contributed by atoms with Gasteiger partial charge in [0, 0.05) is 16.5 Å². The lowest BCUT2D eigenvalue weighted by atomic mass is 10.2. The molecule has 0 saturated carbocycles. The smallest absolute Gasteiger partial charge is 0.344 e. The number of esters is 1. The molecule has 0 N–H and O–H groups in total. The second kappa shape index (κ2) is 8.00. The van der Waals surface area contributed by atoms with Crippen molar-refractivity contribution in [2.75, 3.05) is 0 Å². The Balaban J connectivity index is 1.75. The van der Waals surface area contributed by atoms with E-state index in [2.05, 4.69) is 10.1 Å². The largest absolute Gasteiger partial charge is 0.423 e. The fourth-order valence-corrected chi connectivity index (χ4v) is 3.24. The molecule has 3 rings (SSSR count). The number of thioether (sulfide) groups is 1. The fraction of sp³-hybridized carbons (Fsp3) is 0.167. The number of carbonyl (C=O) groups is 1. The number of nitro benzene ring substituents is 1. The van der Waals surface area contributed by atoms with E-state index >= 15 is 0 Å². The Hall–Kier alpha value is -3.20. The second-order valence-corrected chi connectivity index (χ2v) is 6.63. The van der Waals surface area contributed by atoms with Crippen LogP contribution < -0.4 is 4.74 Å². The molecule has 0 aliphatic carbocycles. The summed E-state index contributed by atoms with van der Waals surface area (Å²) in [6, 6.07) is 11.2. The molecule has 0 spiro atoms. The van der Waals surface area contributed by atoms with Crippen molar-refractivity contribution in [3.63, 3.8) is 0 Å². The van der Waals surface area contributed by atoms with Gasteiger partial charge in [0.2, 0.25) is 5.89 Å². The van der Waals surface area contributed by atoms with Crippen LogP contribution in [0.1, 0.15) is 27.6 Å². The van der Waals surface area contributed by atoms with Gasteiger partial charge in [0.05, 0.1) is 16.2 Å². The third kappa shape index (κ3) is 4.50. The molecule has 3 aromatic rings. The van der Waals surface area contributed by atoms with E-state index in [1.54, 1.807) is 32.0 Å². The van der Waals surface area contributed by atoms with E-state index in [1.807, 2.05) is 6.07 Å². The van der Waals surface area contributed by atoms with Crippen molar-refractivity contribution in [1.82, 2.24) is 10.1 Å². The molecule has 0 aliphatic heterocycles. The molecule has 0 fully saturated rings. The number of benzene rings is 2. The van der Waals surface area contributed by atoms with E-state index in [0.717, 1.165) is 0 Å². The van der Waals surface area contributed by atoms with Gasteiger partial charge in [-0.2, -0.15) is 4.98 Å². The maximum Gasteiger partial charge on any atom is 0.344 e. The molecule has 0 unspecified atom stereocenters. The Morgan fingerprint density at radius 3 is 2.70 bits per heavy atom. The maximum atomic E-state index is 12.6. The number of aromatic nitrogens is 2. The molecular formula is C18H15N3O5S. The molecule has 2 aromatic carbocycles. The first kappa shape index (κ1) is 18.6. The van der Waals surface area contributed by atoms with E-state index in [1.165, 1.54) is 30.0 Å². The normalized spacial score (nSPS) is 10.6. The van der Waals surface area contributed by atoms with Crippen LogP contribution in [0.4, 0.5) is 5.69 Å². The highest BCUT2D eigenvalue weighted by Crippen LogP contribution is 2.28. The summed E-state index contributed by atoms with van der Waals surface area (Å²) in [5.74, 6) is 1.13. The van der Waals surface area contributed by atoms with Gasteiger partial charge in [-0.05, 0) is 38.1 Å². The van der Waals surface area contributed by atoms with Crippen LogP contribution in [-0.2, 0) is 5.75 Å². The van der Waals surface area contributed by atoms with E-state index in [4.69, 9.17) is 9.26 Å². The van der Waals surface area contributed by atoms with Crippen molar-refractivity contribution in [1.29, 1.82) is 0 Å². The number of carbonyl (C=O) groups excluding carboxylic acids is 1. The molecule has 8 nitrogen and oxygen atoms in total. The van der Waals surface area contributed by atoms with Gasteiger partial charge < -0.3 is 9.26 Å². The molecule has 9 heteroatoms. The second-order valence-electron chi connectivity index (χ2n) is 5.62. The summed E-state index contributed by atoms with van der Waals surface area (Å²) in [5, 5.41) is 14.6. The Morgan fingerprint density at radius 2 is 2.04 bits per heavy atom. The fourth-order valence-electron chi connectivity index (χ4n) is 2.36. The van der Waals surface area contributed by atoms with E-state index in [0.29, 0.717) is 33.5 Å². The van der Waals surface area contributed by atoms with Gasteiger partial charge >= 0.3 is 5.97 Å². The quantitative estimate of drug-likeness (QED) is 0.205. The number of nitrogens with zero attached hydrogens (tertiary/aromatic N) is 3. The van der Waals surface area contributed by atoms with Gasteiger partial charge in [-0.1, -0.05) is 17.3 Å². The molecule has 1 heterocycles. The summed E-state index contributed by atoms with van der Waals surface area (Å²) in [6.07, 6.45) is 0. The number of hydrogen-bond acceptors (Lipinski definition) is 8. The molecule has 0 saturated heterocycles. The van der Waals surface area contributed by atoms with Gasteiger partial charge in [-0.25, -0.2) is 4.79 Å². The summed E-state index contributed by atoms with van der Waals surface area (Å²) in [6.45, 7) is 3.32. The van der Waals surface area contributed by atoms with Crippen LogP contribution in [-0.4, -0.2) is 21.0 Å². The first-order chi connectivity index (χ1) is 12.9. The van der Waals surface area contributed by atoms with Gasteiger partial charge in [0.15, 0.2) is 5.82 Å². The van der Waals surface area contributed by atoms with E-state index in [9.17, 15) is 14.9 Å². The van der Waals surface area contributed by atoms with E-state index < -0.39 is 10.9 Å². The minimum absolute atomic E-state index is 0.0272. The zero-order chi connectivity index (χ0) is 19.4. The summed E-state index contributed by atoms with van der Waals surface area (Å²) >= 11 is 1.38. The average Bonchev–Trinajstić information content (AvgIpc) is 3.05. The Kier molecular flexibility index (Phi) is 5.51. The molecule has 0 amide bonds. The minimum Gasteiger partial charge on any atom is -0.423 e. The number of hydrogen-bond donors (Lipinski definition) is 0. The minimum atomic E-state index is -0.548. The highest BCUT2D eigenvalue weighted by molar-refractivity contribution is 7.98. The summed E-state index contributed by atoms with van der Waals surface area (Å²) < 4.78 is 10.5. The first-order valence-electron chi connectivity index (χ1n) is 7.92. The molecule has 0 aliphatic rings. The predicted octanol–water partition coefficient (Wildman–Crippen LogP) is 4.11. The van der Waals surface area contributed by atoms with Crippen molar-refractivity contribution in [3.8, 4) is 5.75 Å². The molecule has 0 radical (unpaired) electrons. The summed E-state index contributed by atoms with van der Waals surface area (Å²) in [4.78, 5) is 27.8. The van der Waals surface area contributed by atoms with Crippen molar-refractivity contribution in [2.24, 2.45) is 0 Å². The highest BCUT2D eigenvalue weighted by Gasteiger charge is 2.17. The average molecular weight is 385 g/mol. The van der Waals surface area contributed by atoms with E-state index in [-0.39, 0.29) is 11.4 Å². The van der Waals surface area contributed by atoms with Crippen molar-refractivity contribution in [2.45, 2.75) is 24.5 Å². The number of rotatable bonds is 6. The SMILES string of the molecule is Cc1noc(CSc2ccccc2C(=O)Oc2ccc([N+](=O)[O-])c(C)c2)n1. The van der Waals surface area contributed by atoms with Crippen molar-refractivity contribution in [3.05, 3.63) is 75.4 Å². The Morgan fingerprint density at radius 1 is 1.26 bits per heavy atom. The van der Waals surface area contributed by atoms with Crippen LogP contribution in [0.25, 0.3) is 0 Å². The van der Waals surface area contributed by atoms with Crippen LogP contribution in [0, 0.1) is 24.0 Å². The Labute approximate surface area is 158 Å². The third-order valence-corrected chi connectivity index (χ3v) is 4.66. The molecule has 0 atom stereocenters. The molecule has 1 aromatic heterocycles. The van der Waals surface area contributed by atoms with Crippen LogP contribution >= 0.6 is 11.8 Å². The van der Waals surface area contributed by atoms with Crippen LogP contribution in [0.2, 0.25) is 0 Å². The lowest BCUT2D eigenvalue weighted by Crippen LogP contribution is -2.10. The van der Waals surface area contributed by atoms with Crippen LogP contribution in [0.15, 0.2) is 51.9 Å². The summed E-state index contributed by atoms with van der Waals surface area (Å²) in [7, 11) is 0. The Bertz CT molecular complexity index is 1000. The maximum absolute atomic E-state index is 12.6. The van der Waals surface area contributed by atoms with Crippen molar-refractivity contribution >= 4 is 23.4 Å². The number of nitro groups is 1. The first-order valence-corrected chi connectivity index (χ1v) is 8.91. The van der Waals surface area contributed by atoms with Gasteiger partial charge in [0.25, 0.3) is 5.69 Å². The molecule has 138 valence electrons. The number of aryl methyl sites for hydroxylation is 2. The van der Waals surface area contributed by atoms with Gasteiger partial charge in [-0.3, -0.25) is 10.1 Å². The zero-order valence-corrected chi connectivity index (χ0v) is 15.4. The monoisotopic (exact) mass is 385 g/mol. The molecule has 0 bridgehead atoms. The zero-order valence-electron chi connectivity index (χ0n) is 14.5. The standard InChI is InChI=1S/C18H15N3O5S/c1-11-9-13(7-8-15(11)21(23)24)25-18(22)14-5-3-4-6-16(14)27-10-17-19-12(2)20-26-17/h3-9H,10H2,1-2H3. The predicted molar refractivity (Wildman–Crippen MR) is 97.8 cm³/mol. The van der Waals surface area contributed by atoms with Crippen LogP contribution in [0.5, 0.6) is 5.75 Å². The molecular weight excluding hydrogens is 370 g/mol. The number of ether oxygens (including phenoxy) is 1. The highest BCUT2D eigenvalue weighted by atomic mass is 32.2. The van der Waals surface area contributed by atoms with Gasteiger partial charge in [-0.15, -0.1) is 11.8 Å².